The average Bonchev–Trinajstić information content (AvgIpc) is 3.02. The Bertz CT molecular complexity index is 927. The average molecular weight is 494 g/mol. The Labute approximate surface area is 191 Å². The van der Waals surface area contributed by atoms with Gasteiger partial charge >= 0.3 is 12.1 Å². The molecule has 9 nitrogen and oxygen atoms in total. The first kappa shape index (κ1) is 26.4. The summed E-state index contributed by atoms with van der Waals surface area (Å²) in [5, 5.41) is 26.5. The highest BCUT2D eigenvalue weighted by Crippen LogP contribution is 2.25. The number of halogens is 4. The van der Waals surface area contributed by atoms with Gasteiger partial charge in [-0.3, -0.25) is 14.4 Å². The van der Waals surface area contributed by atoms with Gasteiger partial charge in [-0.2, -0.15) is 13.2 Å². The van der Waals surface area contributed by atoms with Gasteiger partial charge in [0.15, 0.2) is 6.10 Å². The maximum atomic E-state index is 12.9. The summed E-state index contributed by atoms with van der Waals surface area (Å²) in [5.41, 5.74) is -0.408. The second kappa shape index (κ2) is 10.8. The van der Waals surface area contributed by atoms with E-state index in [1.165, 1.54) is 12.1 Å². The van der Waals surface area contributed by atoms with E-state index in [4.69, 9.17) is 11.6 Å². The zero-order valence-corrected chi connectivity index (χ0v) is 18.2. The fourth-order valence-corrected chi connectivity index (χ4v) is 3.60. The lowest BCUT2D eigenvalue weighted by atomic mass is 9.93. The molecular weight excluding hydrogens is 471 g/mol. The number of carboxylic acid groups (broad SMARTS) is 1. The molecule has 1 aromatic carbocycles. The highest BCUT2D eigenvalue weighted by atomic mass is 35.5. The summed E-state index contributed by atoms with van der Waals surface area (Å²) in [6, 6.07) is 2.10. The maximum Gasteiger partial charge on any atom is 0.389 e. The summed E-state index contributed by atoms with van der Waals surface area (Å²) < 4.78 is 37.1. The molecule has 5 N–H and O–H groups in total. The van der Waals surface area contributed by atoms with Crippen LogP contribution >= 0.6 is 11.6 Å². The van der Waals surface area contributed by atoms with E-state index < -0.39 is 54.9 Å². The van der Waals surface area contributed by atoms with Gasteiger partial charge in [0, 0.05) is 23.4 Å². The van der Waals surface area contributed by atoms with E-state index in [0.29, 0.717) is 6.42 Å². The van der Waals surface area contributed by atoms with Crippen molar-refractivity contribution in [2.45, 2.75) is 57.0 Å². The highest BCUT2D eigenvalue weighted by Gasteiger charge is 2.36. The number of benzene rings is 1. The van der Waals surface area contributed by atoms with Crippen LogP contribution in [0.15, 0.2) is 18.2 Å². The number of carbonyl (C=O) groups excluding carboxylic acids is 3. The van der Waals surface area contributed by atoms with Gasteiger partial charge in [-0.05, 0) is 38.0 Å². The lowest BCUT2D eigenvalue weighted by molar-refractivity contribution is -0.148. The van der Waals surface area contributed by atoms with Gasteiger partial charge in [-0.25, -0.2) is 4.79 Å². The highest BCUT2D eigenvalue weighted by molar-refractivity contribution is 6.31. The first-order valence-corrected chi connectivity index (χ1v) is 10.3. The number of carbonyl (C=O) groups is 4. The van der Waals surface area contributed by atoms with Crippen LogP contribution in [0.4, 0.5) is 18.9 Å². The first-order chi connectivity index (χ1) is 15.3. The van der Waals surface area contributed by atoms with E-state index in [1.54, 1.807) is 6.92 Å². The van der Waals surface area contributed by atoms with E-state index in [-0.39, 0.29) is 34.6 Å². The van der Waals surface area contributed by atoms with Crippen molar-refractivity contribution in [3.05, 3.63) is 28.8 Å². The fraction of sp³-hybridized carbons (Fsp3) is 0.500. The topological polar surface area (TPSA) is 145 Å². The summed E-state index contributed by atoms with van der Waals surface area (Å²) in [7, 11) is 0. The number of aliphatic hydroxyl groups excluding tert-OH is 1. The largest absolute Gasteiger partial charge is 0.479 e. The molecule has 0 aliphatic carbocycles. The number of aliphatic hydroxyl groups is 1. The minimum Gasteiger partial charge on any atom is -0.479 e. The van der Waals surface area contributed by atoms with E-state index >= 15 is 0 Å². The van der Waals surface area contributed by atoms with Crippen molar-refractivity contribution in [1.82, 2.24) is 10.6 Å². The van der Waals surface area contributed by atoms with Gasteiger partial charge in [-0.1, -0.05) is 11.6 Å². The molecule has 3 amide bonds. The third-order valence-corrected chi connectivity index (χ3v) is 5.26. The van der Waals surface area contributed by atoms with Gasteiger partial charge in [0.2, 0.25) is 11.8 Å². The molecule has 1 heterocycles. The van der Waals surface area contributed by atoms with Gasteiger partial charge in [0.25, 0.3) is 5.91 Å². The Morgan fingerprint density at radius 3 is 2.52 bits per heavy atom. The van der Waals surface area contributed by atoms with Gasteiger partial charge in [0.05, 0.1) is 23.7 Å². The third-order valence-electron chi connectivity index (χ3n) is 5.02. The lowest BCUT2D eigenvalue weighted by Gasteiger charge is -2.24. The monoisotopic (exact) mass is 493 g/mol. The second-order valence-electron chi connectivity index (χ2n) is 7.79. The second-order valence-corrected chi connectivity index (χ2v) is 8.23. The van der Waals surface area contributed by atoms with Crippen LogP contribution in [0.3, 0.4) is 0 Å². The summed E-state index contributed by atoms with van der Waals surface area (Å²) in [6.45, 7) is 1.75. The number of rotatable bonds is 9. The molecule has 1 aliphatic rings. The fourth-order valence-electron chi connectivity index (χ4n) is 3.43. The molecule has 0 saturated carbocycles. The number of hydrogen-bond acceptors (Lipinski definition) is 5. The maximum absolute atomic E-state index is 12.9. The van der Waals surface area contributed by atoms with Crippen LogP contribution in [-0.4, -0.2) is 58.3 Å². The molecule has 0 bridgehead atoms. The van der Waals surface area contributed by atoms with E-state index in [0.717, 1.165) is 6.07 Å². The molecule has 0 radical (unpaired) electrons. The summed E-state index contributed by atoms with van der Waals surface area (Å²) in [5.74, 6) is -4.57. The SMILES string of the molecule is C[C@@H]1C[C@@H](C[C@H](NC(=O)c2cc(Cl)ccc2NC(=O)CCC(F)(F)F)C(O)C(=O)O)C(=O)N1. The molecule has 1 aromatic rings. The molecule has 13 heteroatoms. The van der Waals surface area contributed by atoms with Crippen molar-refractivity contribution in [1.29, 1.82) is 0 Å². The molecule has 4 atom stereocenters. The van der Waals surface area contributed by atoms with Crippen molar-refractivity contribution in [2.75, 3.05) is 5.32 Å². The molecule has 33 heavy (non-hydrogen) atoms. The minimum atomic E-state index is -4.54. The third kappa shape index (κ3) is 7.90. The Balaban J connectivity index is 2.20. The number of alkyl halides is 3. The van der Waals surface area contributed by atoms with Gasteiger partial charge in [0.1, 0.15) is 0 Å². The van der Waals surface area contributed by atoms with Gasteiger partial charge in [-0.15, -0.1) is 0 Å². The standard InChI is InChI=1S/C20H23ClF3N3O6/c1-9-6-10(17(30)25-9)7-14(16(29)19(32)33)27-18(31)12-8-11(21)2-3-13(12)26-15(28)4-5-20(22,23)24/h2-3,8-10,14,16,29H,4-7H2,1H3,(H,25,30)(H,26,28)(H,27,31)(H,32,33)/t9-,10+,14+,16?/m1/s1. The zero-order chi connectivity index (χ0) is 24.9. The van der Waals surface area contributed by atoms with Gasteiger partial charge < -0.3 is 26.2 Å². The normalized spacial score (nSPS) is 20.0. The molecule has 0 aromatic heterocycles. The van der Waals surface area contributed by atoms with Crippen LogP contribution in [0.5, 0.6) is 0 Å². The van der Waals surface area contributed by atoms with Crippen LogP contribution < -0.4 is 16.0 Å². The molecule has 0 spiro atoms. The molecule has 1 saturated heterocycles. The predicted octanol–water partition coefficient (Wildman–Crippen LogP) is 2.08. The quantitative estimate of drug-likeness (QED) is 0.356. The van der Waals surface area contributed by atoms with Crippen LogP contribution in [-0.2, 0) is 14.4 Å². The zero-order valence-electron chi connectivity index (χ0n) is 17.4. The van der Waals surface area contributed by atoms with E-state index in [2.05, 4.69) is 16.0 Å². The van der Waals surface area contributed by atoms with Crippen molar-refractivity contribution < 1.29 is 42.6 Å². The van der Waals surface area contributed by atoms with Crippen molar-refractivity contribution in [2.24, 2.45) is 5.92 Å². The molecule has 2 rings (SSSR count). The smallest absolute Gasteiger partial charge is 0.389 e. The summed E-state index contributed by atoms with van der Waals surface area (Å²) >= 11 is 5.90. The number of carboxylic acids is 1. The van der Waals surface area contributed by atoms with Crippen LogP contribution in [0, 0.1) is 5.92 Å². The molecule has 1 aliphatic heterocycles. The van der Waals surface area contributed by atoms with Crippen molar-refractivity contribution in [3.8, 4) is 0 Å². The molecule has 1 fully saturated rings. The lowest BCUT2D eigenvalue weighted by Crippen LogP contribution is -2.48. The summed E-state index contributed by atoms with van der Waals surface area (Å²) in [6.07, 6.45) is -8.62. The minimum absolute atomic E-state index is 0.0627. The molecular formula is C20H23ClF3N3O6. The van der Waals surface area contributed by atoms with Crippen molar-refractivity contribution in [3.63, 3.8) is 0 Å². The Morgan fingerprint density at radius 2 is 1.97 bits per heavy atom. The Morgan fingerprint density at radius 1 is 1.30 bits per heavy atom. The summed E-state index contributed by atoms with van der Waals surface area (Å²) in [4.78, 5) is 48.1. The van der Waals surface area contributed by atoms with E-state index in [9.17, 15) is 42.6 Å². The van der Waals surface area contributed by atoms with Crippen LogP contribution in [0.1, 0.15) is 43.0 Å². The molecule has 1 unspecified atom stereocenters. The number of nitrogens with one attached hydrogen (secondary N) is 3. The number of hydrogen-bond donors (Lipinski definition) is 5. The first-order valence-electron chi connectivity index (χ1n) is 9.95. The van der Waals surface area contributed by atoms with Crippen LogP contribution in [0.2, 0.25) is 5.02 Å². The predicted molar refractivity (Wildman–Crippen MR) is 111 cm³/mol. The number of aliphatic carboxylic acids is 1. The van der Waals surface area contributed by atoms with Crippen molar-refractivity contribution >= 4 is 41.0 Å². The number of anilines is 1. The Hall–Kier alpha value is -2.86. The molecule has 182 valence electrons. The van der Waals surface area contributed by atoms with E-state index in [1.807, 2.05) is 0 Å². The van der Waals surface area contributed by atoms with Crippen LogP contribution in [0.25, 0.3) is 0 Å². The Kier molecular flexibility index (Phi) is 8.67. The number of amides is 3.